The van der Waals surface area contributed by atoms with E-state index in [9.17, 15) is 13.2 Å². The van der Waals surface area contributed by atoms with Gasteiger partial charge < -0.3 is 10.1 Å². The first-order valence-corrected chi connectivity index (χ1v) is 15.2. The molecule has 1 N–H and O–H groups in total. The van der Waals surface area contributed by atoms with Crippen LogP contribution in [0.15, 0.2) is 108 Å². The van der Waals surface area contributed by atoms with Gasteiger partial charge in [-0.05, 0) is 72.5 Å². The maximum atomic E-state index is 13.4. The Morgan fingerprint density at radius 3 is 1.93 bits per heavy atom. The van der Waals surface area contributed by atoms with Crippen LogP contribution in [0.2, 0.25) is 0 Å². The molecule has 7 nitrogen and oxygen atoms in total. The number of amides is 1. The Hall–Kier alpha value is -3.98. The van der Waals surface area contributed by atoms with E-state index in [-0.39, 0.29) is 23.5 Å². The molecule has 1 aliphatic heterocycles. The lowest BCUT2D eigenvalue weighted by molar-refractivity contribution is -0.118. The first-order valence-electron chi connectivity index (χ1n) is 13.8. The second kappa shape index (κ2) is 12.7. The molecule has 0 bridgehead atoms. The van der Waals surface area contributed by atoms with Crippen LogP contribution in [0.5, 0.6) is 5.75 Å². The van der Waals surface area contributed by atoms with Crippen molar-refractivity contribution in [3.63, 3.8) is 0 Å². The predicted molar refractivity (Wildman–Crippen MR) is 162 cm³/mol. The van der Waals surface area contributed by atoms with E-state index in [1.54, 1.807) is 16.4 Å². The van der Waals surface area contributed by atoms with Crippen LogP contribution in [-0.4, -0.2) is 56.3 Å². The van der Waals surface area contributed by atoms with Crippen LogP contribution in [0.4, 0.5) is 5.69 Å². The van der Waals surface area contributed by atoms with Crippen molar-refractivity contribution >= 4 is 21.6 Å². The summed E-state index contributed by atoms with van der Waals surface area (Å²) in [6, 6.07) is 32.7. The standard InChI is InChI=1S/C33H35N3O4S/c1-25-13-16-30(23-26(25)2)40-24-32(37)34-29-14-17-31(18-15-29)41(38,39)36-21-19-35(20-22-36)33(27-9-5-3-6-10-27)28-11-7-4-8-12-28/h3-18,23,33H,19-22,24H2,1-2H3,(H,34,37). The Kier molecular flexibility index (Phi) is 8.83. The summed E-state index contributed by atoms with van der Waals surface area (Å²) in [5, 5.41) is 2.77. The van der Waals surface area contributed by atoms with Crippen molar-refractivity contribution in [3.8, 4) is 5.75 Å². The summed E-state index contributed by atoms with van der Waals surface area (Å²) in [6.07, 6.45) is 0. The quantitative estimate of drug-likeness (QED) is 0.291. The van der Waals surface area contributed by atoms with Crippen molar-refractivity contribution in [2.45, 2.75) is 24.8 Å². The number of rotatable bonds is 9. The predicted octanol–water partition coefficient (Wildman–Crippen LogP) is 5.42. The van der Waals surface area contributed by atoms with Crippen molar-refractivity contribution in [2.24, 2.45) is 0 Å². The molecule has 0 aliphatic carbocycles. The smallest absolute Gasteiger partial charge is 0.262 e. The first kappa shape index (κ1) is 28.5. The molecule has 0 spiro atoms. The summed E-state index contributed by atoms with van der Waals surface area (Å²) in [5.74, 6) is 0.310. The molecule has 8 heteroatoms. The van der Waals surface area contributed by atoms with Gasteiger partial charge in [0.1, 0.15) is 5.75 Å². The molecule has 0 saturated carbocycles. The van der Waals surface area contributed by atoms with Crippen LogP contribution in [0.3, 0.4) is 0 Å². The van der Waals surface area contributed by atoms with Gasteiger partial charge in [-0.3, -0.25) is 9.69 Å². The van der Waals surface area contributed by atoms with Gasteiger partial charge in [-0.15, -0.1) is 0 Å². The highest BCUT2D eigenvalue weighted by atomic mass is 32.2. The van der Waals surface area contributed by atoms with E-state index < -0.39 is 10.0 Å². The first-order chi connectivity index (χ1) is 19.8. The molecule has 5 rings (SSSR count). The molecule has 4 aromatic rings. The third kappa shape index (κ3) is 6.85. The second-order valence-electron chi connectivity index (χ2n) is 10.3. The van der Waals surface area contributed by atoms with Gasteiger partial charge >= 0.3 is 0 Å². The van der Waals surface area contributed by atoms with Crippen LogP contribution in [0.25, 0.3) is 0 Å². The molecule has 4 aromatic carbocycles. The number of nitrogens with one attached hydrogen (secondary N) is 1. The number of nitrogens with zero attached hydrogens (tertiary/aromatic N) is 2. The summed E-state index contributed by atoms with van der Waals surface area (Å²) in [5.41, 5.74) is 5.13. The number of benzene rings is 4. The highest BCUT2D eigenvalue weighted by Crippen LogP contribution is 2.30. The van der Waals surface area contributed by atoms with Gasteiger partial charge in [-0.2, -0.15) is 4.31 Å². The summed E-state index contributed by atoms with van der Waals surface area (Å²) in [6.45, 7) is 5.89. The number of hydrogen-bond donors (Lipinski definition) is 1. The molecule has 1 amide bonds. The zero-order valence-electron chi connectivity index (χ0n) is 23.4. The average molecular weight is 570 g/mol. The van der Waals surface area contributed by atoms with Crippen LogP contribution < -0.4 is 10.1 Å². The van der Waals surface area contributed by atoms with Crippen molar-refractivity contribution in [2.75, 3.05) is 38.1 Å². The van der Waals surface area contributed by atoms with Crippen molar-refractivity contribution in [3.05, 3.63) is 125 Å². The molecule has 1 heterocycles. The van der Waals surface area contributed by atoms with Gasteiger partial charge in [0.2, 0.25) is 10.0 Å². The third-order valence-corrected chi connectivity index (χ3v) is 9.41. The lowest BCUT2D eigenvalue weighted by Gasteiger charge is -2.39. The number of carbonyl (C=O) groups excluding carboxylic acids is 1. The molecular weight excluding hydrogens is 534 g/mol. The molecule has 0 aromatic heterocycles. The Morgan fingerprint density at radius 2 is 1.37 bits per heavy atom. The normalized spacial score (nSPS) is 14.6. The van der Waals surface area contributed by atoms with E-state index in [1.165, 1.54) is 23.3 Å². The number of aryl methyl sites for hydroxylation is 2. The van der Waals surface area contributed by atoms with E-state index in [1.807, 2.05) is 68.4 Å². The average Bonchev–Trinajstić information content (AvgIpc) is 3.00. The number of ether oxygens (including phenoxy) is 1. The molecule has 0 unspecified atom stereocenters. The van der Waals surface area contributed by atoms with Crippen molar-refractivity contribution < 1.29 is 17.9 Å². The number of carbonyl (C=O) groups is 1. The molecule has 212 valence electrons. The number of hydrogen-bond acceptors (Lipinski definition) is 5. The largest absolute Gasteiger partial charge is 0.484 e. The van der Waals surface area contributed by atoms with E-state index in [2.05, 4.69) is 34.5 Å². The van der Waals surface area contributed by atoms with E-state index in [0.717, 1.165) is 11.1 Å². The lowest BCUT2D eigenvalue weighted by Crippen LogP contribution is -2.49. The maximum Gasteiger partial charge on any atom is 0.262 e. The minimum atomic E-state index is -3.67. The maximum absolute atomic E-state index is 13.4. The van der Waals surface area contributed by atoms with Crippen LogP contribution in [0.1, 0.15) is 28.3 Å². The minimum absolute atomic E-state index is 0.0594. The fourth-order valence-electron chi connectivity index (χ4n) is 5.10. The Bertz CT molecular complexity index is 1530. The fourth-order valence-corrected chi connectivity index (χ4v) is 6.52. The highest BCUT2D eigenvalue weighted by Gasteiger charge is 2.32. The summed E-state index contributed by atoms with van der Waals surface area (Å²) < 4.78 is 34.0. The molecular formula is C33H35N3O4S. The van der Waals surface area contributed by atoms with Crippen LogP contribution in [-0.2, 0) is 14.8 Å². The monoisotopic (exact) mass is 569 g/mol. The van der Waals surface area contributed by atoms with Gasteiger partial charge in [0, 0.05) is 31.9 Å². The number of sulfonamides is 1. The van der Waals surface area contributed by atoms with E-state index in [4.69, 9.17) is 4.74 Å². The summed E-state index contributed by atoms with van der Waals surface area (Å²) >= 11 is 0. The lowest BCUT2D eigenvalue weighted by atomic mass is 9.96. The molecule has 41 heavy (non-hydrogen) atoms. The minimum Gasteiger partial charge on any atom is -0.484 e. The van der Waals surface area contributed by atoms with Crippen LogP contribution >= 0.6 is 0 Å². The van der Waals surface area contributed by atoms with Gasteiger partial charge in [-0.25, -0.2) is 8.42 Å². The summed E-state index contributed by atoms with van der Waals surface area (Å²) in [4.78, 5) is 14.9. The third-order valence-electron chi connectivity index (χ3n) is 7.49. The molecule has 0 atom stereocenters. The van der Waals surface area contributed by atoms with Crippen LogP contribution in [0, 0.1) is 13.8 Å². The summed E-state index contributed by atoms with van der Waals surface area (Å²) in [7, 11) is -3.67. The second-order valence-corrected chi connectivity index (χ2v) is 12.2. The van der Waals surface area contributed by atoms with Gasteiger partial charge in [-0.1, -0.05) is 66.7 Å². The SMILES string of the molecule is Cc1ccc(OCC(=O)Nc2ccc(S(=O)(=O)N3CCN(C(c4ccccc4)c4ccccc4)CC3)cc2)cc1C. The zero-order chi connectivity index (χ0) is 28.8. The van der Waals surface area contributed by atoms with E-state index in [0.29, 0.717) is 37.6 Å². The number of piperazine rings is 1. The Labute approximate surface area is 242 Å². The number of anilines is 1. The van der Waals surface area contributed by atoms with E-state index >= 15 is 0 Å². The van der Waals surface area contributed by atoms with Crippen molar-refractivity contribution in [1.29, 1.82) is 0 Å². The topological polar surface area (TPSA) is 78.9 Å². The molecule has 1 fully saturated rings. The Morgan fingerprint density at radius 1 is 0.780 bits per heavy atom. The van der Waals surface area contributed by atoms with Gasteiger partial charge in [0.15, 0.2) is 6.61 Å². The zero-order valence-corrected chi connectivity index (χ0v) is 24.2. The molecule has 1 aliphatic rings. The Balaban J connectivity index is 1.19. The fraction of sp³-hybridized carbons (Fsp3) is 0.242. The highest BCUT2D eigenvalue weighted by molar-refractivity contribution is 7.89. The van der Waals surface area contributed by atoms with Gasteiger partial charge in [0.05, 0.1) is 10.9 Å². The molecule has 0 radical (unpaired) electrons. The molecule has 1 saturated heterocycles. The van der Waals surface area contributed by atoms with Gasteiger partial charge in [0.25, 0.3) is 5.91 Å². The van der Waals surface area contributed by atoms with Crippen molar-refractivity contribution in [1.82, 2.24) is 9.21 Å².